The zero-order valence-corrected chi connectivity index (χ0v) is 15.7. The predicted octanol–water partition coefficient (Wildman–Crippen LogP) is 4.75. The molecule has 0 bridgehead atoms. The van der Waals surface area contributed by atoms with Crippen LogP contribution in [0.15, 0.2) is 54.6 Å². The van der Waals surface area contributed by atoms with Gasteiger partial charge in [0.25, 0.3) is 5.15 Å². The Morgan fingerprint density at radius 2 is 1.88 bits per heavy atom. The van der Waals surface area contributed by atoms with E-state index in [-0.39, 0.29) is 0 Å². The number of methoxy groups -OCH3 is 1. The summed E-state index contributed by atoms with van der Waals surface area (Å²) < 4.78 is 13.6. The van der Waals surface area contributed by atoms with Crippen LogP contribution in [0.5, 0.6) is 11.5 Å². The van der Waals surface area contributed by atoms with Gasteiger partial charge in [-0.25, -0.2) is 0 Å². The highest BCUT2D eigenvalue weighted by molar-refractivity contribution is 6.28. The molecule has 1 aromatic heterocycles. The number of nitrogens with zero attached hydrogens (tertiary/aromatic N) is 1. The molecule has 0 atom stereocenters. The lowest BCUT2D eigenvalue weighted by molar-refractivity contribution is -0.685. The zero-order chi connectivity index (χ0) is 18.1. The number of rotatable bonds is 4. The molecule has 0 unspecified atom stereocenters. The molecule has 0 spiro atoms. The van der Waals surface area contributed by atoms with Gasteiger partial charge in [-0.05, 0) is 47.9 Å². The van der Waals surface area contributed by atoms with Crippen molar-refractivity contribution in [3.05, 3.63) is 76.4 Å². The second kappa shape index (κ2) is 7.00. The summed E-state index contributed by atoms with van der Waals surface area (Å²) in [5.41, 5.74) is 5.88. The Labute approximate surface area is 158 Å². The predicted molar refractivity (Wildman–Crippen MR) is 103 cm³/mol. The fourth-order valence-corrected chi connectivity index (χ4v) is 3.84. The van der Waals surface area contributed by atoms with Gasteiger partial charge in [0.15, 0.2) is 6.54 Å². The molecule has 0 radical (unpaired) electrons. The molecule has 0 aliphatic carbocycles. The molecular weight excluding hydrogens is 346 g/mol. The van der Waals surface area contributed by atoms with E-state index >= 15 is 0 Å². The SMILES string of the molecule is COc1cc(Cl)[n+]2c(c1C)-c1ccc(OCc3ccccc3)cc1CC2. The third-order valence-corrected chi connectivity index (χ3v) is 5.22. The molecule has 132 valence electrons. The van der Waals surface area contributed by atoms with Gasteiger partial charge in [-0.1, -0.05) is 30.3 Å². The number of fused-ring (bicyclic) bond motifs is 3. The van der Waals surface area contributed by atoms with Crippen LogP contribution in [0.1, 0.15) is 16.7 Å². The molecule has 3 aromatic rings. The molecule has 1 aliphatic heterocycles. The van der Waals surface area contributed by atoms with Crippen LogP contribution in [0.25, 0.3) is 11.3 Å². The van der Waals surface area contributed by atoms with E-state index in [1.165, 1.54) is 16.7 Å². The van der Waals surface area contributed by atoms with Gasteiger partial charge in [0.05, 0.1) is 24.3 Å². The topological polar surface area (TPSA) is 22.3 Å². The third kappa shape index (κ3) is 3.04. The van der Waals surface area contributed by atoms with Crippen LogP contribution in [0.4, 0.5) is 0 Å². The molecule has 4 rings (SSSR count). The summed E-state index contributed by atoms with van der Waals surface area (Å²) in [6, 6.07) is 18.4. The Bertz CT molecular complexity index is 954. The first-order valence-electron chi connectivity index (χ1n) is 8.74. The van der Waals surface area contributed by atoms with Crippen LogP contribution in [0.2, 0.25) is 5.15 Å². The second-order valence-electron chi connectivity index (χ2n) is 6.50. The van der Waals surface area contributed by atoms with E-state index < -0.39 is 0 Å². The minimum absolute atomic E-state index is 0.573. The number of hydrogen-bond donors (Lipinski definition) is 0. The Kier molecular flexibility index (Phi) is 4.56. The normalized spacial score (nSPS) is 12.3. The summed E-state index contributed by atoms with van der Waals surface area (Å²) in [6.07, 6.45) is 0.932. The zero-order valence-electron chi connectivity index (χ0n) is 15.0. The summed E-state index contributed by atoms with van der Waals surface area (Å²) in [5.74, 6) is 1.71. The van der Waals surface area contributed by atoms with E-state index in [0.717, 1.165) is 35.7 Å². The van der Waals surface area contributed by atoms with E-state index in [9.17, 15) is 0 Å². The van der Waals surface area contributed by atoms with Crippen molar-refractivity contribution in [2.75, 3.05) is 7.11 Å². The van der Waals surface area contributed by atoms with E-state index in [1.54, 1.807) is 7.11 Å². The van der Waals surface area contributed by atoms with E-state index in [1.807, 2.05) is 30.3 Å². The lowest BCUT2D eigenvalue weighted by Crippen LogP contribution is -2.42. The van der Waals surface area contributed by atoms with Crippen LogP contribution in [-0.4, -0.2) is 7.11 Å². The van der Waals surface area contributed by atoms with Crippen LogP contribution >= 0.6 is 11.6 Å². The fraction of sp³-hybridized carbons (Fsp3) is 0.227. The highest BCUT2D eigenvalue weighted by Crippen LogP contribution is 2.35. The first-order valence-corrected chi connectivity index (χ1v) is 9.12. The number of benzene rings is 2. The molecule has 26 heavy (non-hydrogen) atoms. The van der Waals surface area contributed by atoms with Gasteiger partial charge in [0, 0.05) is 6.42 Å². The average molecular weight is 367 g/mol. The van der Waals surface area contributed by atoms with Crippen molar-refractivity contribution in [1.82, 2.24) is 0 Å². The summed E-state index contributed by atoms with van der Waals surface area (Å²) in [6.45, 7) is 3.51. The molecule has 1 aliphatic rings. The summed E-state index contributed by atoms with van der Waals surface area (Å²) in [7, 11) is 1.68. The van der Waals surface area contributed by atoms with Crippen molar-refractivity contribution in [3.63, 3.8) is 0 Å². The third-order valence-electron chi connectivity index (χ3n) is 4.91. The van der Waals surface area contributed by atoms with E-state index in [0.29, 0.717) is 11.8 Å². The number of hydrogen-bond acceptors (Lipinski definition) is 2. The molecule has 0 saturated heterocycles. The summed E-state index contributed by atoms with van der Waals surface area (Å²) in [5, 5.41) is 0.706. The van der Waals surface area contributed by atoms with Gasteiger partial charge < -0.3 is 9.47 Å². The van der Waals surface area contributed by atoms with Gasteiger partial charge in [-0.3, -0.25) is 0 Å². The Balaban J connectivity index is 1.67. The maximum absolute atomic E-state index is 6.47. The van der Waals surface area contributed by atoms with Crippen molar-refractivity contribution in [2.45, 2.75) is 26.5 Å². The number of halogens is 1. The van der Waals surface area contributed by atoms with Gasteiger partial charge in [-0.15, -0.1) is 0 Å². The largest absolute Gasteiger partial charge is 0.496 e. The van der Waals surface area contributed by atoms with Crippen LogP contribution < -0.4 is 14.0 Å². The van der Waals surface area contributed by atoms with Gasteiger partial charge in [0.2, 0.25) is 5.69 Å². The quantitative estimate of drug-likeness (QED) is 0.491. The average Bonchev–Trinajstić information content (AvgIpc) is 2.69. The fourth-order valence-electron chi connectivity index (χ4n) is 3.57. The van der Waals surface area contributed by atoms with Gasteiger partial charge >= 0.3 is 0 Å². The van der Waals surface area contributed by atoms with Crippen LogP contribution in [0.3, 0.4) is 0 Å². The lowest BCUT2D eigenvalue weighted by Gasteiger charge is -2.19. The van der Waals surface area contributed by atoms with Crippen molar-refractivity contribution >= 4 is 11.6 Å². The maximum atomic E-state index is 6.47. The summed E-state index contributed by atoms with van der Waals surface area (Å²) in [4.78, 5) is 0. The number of aromatic nitrogens is 1. The van der Waals surface area contributed by atoms with Crippen LogP contribution in [0, 0.1) is 6.92 Å². The Hall–Kier alpha value is -2.52. The monoisotopic (exact) mass is 366 g/mol. The molecule has 2 heterocycles. The minimum Gasteiger partial charge on any atom is -0.496 e. The van der Waals surface area contributed by atoms with E-state index in [2.05, 4.69) is 35.8 Å². The van der Waals surface area contributed by atoms with Gasteiger partial charge in [-0.2, -0.15) is 4.57 Å². The van der Waals surface area contributed by atoms with Crippen molar-refractivity contribution in [1.29, 1.82) is 0 Å². The Morgan fingerprint density at radius 1 is 1.08 bits per heavy atom. The lowest BCUT2D eigenvalue weighted by atomic mass is 9.94. The Morgan fingerprint density at radius 3 is 2.65 bits per heavy atom. The maximum Gasteiger partial charge on any atom is 0.279 e. The molecule has 0 N–H and O–H groups in total. The van der Waals surface area contributed by atoms with Crippen LogP contribution in [-0.2, 0) is 19.6 Å². The molecule has 2 aromatic carbocycles. The molecule has 0 saturated carbocycles. The van der Waals surface area contributed by atoms with Crippen molar-refractivity contribution in [2.24, 2.45) is 0 Å². The molecule has 3 nitrogen and oxygen atoms in total. The number of ether oxygens (including phenoxy) is 2. The van der Waals surface area contributed by atoms with E-state index in [4.69, 9.17) is 21.1 Å². The highest BCUT2D eigenvalue weighted by atomic mass is 35.5. The first kappa shape index (κ1) is 16.9. The smallest absolute Gasteiger partial charge is 0.279 e. The van der Waals surface area contributed by atoms with Crippen molar-refractivity contribution in [3.8, 4) is 22.8 Å². The number of aryl methyl sites for hydroxylation is 1. The molecule has 0 fully saturated rings. The second-order valence-corrected chi connectivity index (χ2v) is 6.89. The molecule has 4 heteroatoms. The van der Waals surface area contributed by atoms with Gasteiger partial charge in [0.1, 0.15) is 18.1 Å². The minimum atomic E-state index is 0.573. The first-order chi connectivity index (χ1) is 12.7. The standard InChI is InChI=1S/C22H21ClNO2/c1-15-20(25-2)13-21(23)24-11-10-17-12-18(8-9-19(17)22(15)24)26-14-16-6-4-3-5-7-16/h3-9,12-13H,10-11,14H2,1-2H3/q+1. The highest BCUT2D eigenvalue weighted by Gasteiger charge is 2.30. The van der Waals surface area contributed by atoms with Crippen molar-refractivity contribution < 1.29 is 14.0 Å². The molecular formula is C22H21ClNO2+. The molecule has 0 amide bonds. The number of pyridine rings is 1. The summed E-state index contributed by atoms with van der Waals surface area (Å²) >= 11 is 6.47.